The van der Waals surface area contributed by atoms with Gasteiger partial charge in [0.05, 0.1) is 38.2 Å². The molecule has 3 aromatic rings. The lowest BCUT2D eigenvalue weighted by molar-refractivity contribution is -0.394. The zero-order chi connectivity index (χ0) is 25.5. The Kier molecular flexibility index (Phi) is 7.16. The van der Waals surface area contributed by atoms with Crippen molar-refractivity contribution < 1.29 is 29.1 Å². The Hall–Kier alpha value is -5.53. The van der Waals surface area contributed by atoms with Gasteiger partial charge in [0.25, 0.3) is 23.0 Å². The van der Waals surface area contributed by atoms with Gasteiger partial charge < -0.3 is 4.74 Å². The molecule has 35 heavy (non-hydrogen) atoms. The van der Waals surface area contributed by atoms with E-state index in [-0.39, 0.29) is 22.6 Å². The molecular weight excluding hydrogens is 466 g/mol. The highest BCUT2D eigenvalue weighted by Crippen LogP contribution is 2.22. The molecule has 0 fully saturated rings. The Morgan fingerprint density at radius 1 is 0.771 bits per heavy atom. The maximum absolute atomic E-state index is 12.2. The van der Waals surface area contributed by atoms with Crippen molar-refractivity contribution in [2.75, 3.05) is 0 Å². The first-order valence-electron chi connectivity index (χ1n) is 9.48. The number of hydrogen-bond acceptors (Lipinski definition) is 10. The van der Waals surface area contributed by atoms with E-state index >= 15 is 0 Å². The molecule has 3 rings (SSSR count). The van der Waals surface area contributed by atoms with Gasteiger partial charge in [-0.25, -0.2) is 10.2 Å². The molecule has 0 heterocycles. The number of ether oxygens (including phenoxy) is 1. The lowest BCUT2D eigenvalue weighted by atomic mass is 10.1. The molecule has 0 aliphatic carbocycles. The molecule has 3 aromatic carbocycles. The molecule has 1 amide bonds. The predicted octanol–water partition coefficient (Wildman–Crippen LogP) is 3.39. The average molecular weight is 479 g/mol. The smallest absolute Gasteiger partial charge is 0.343 e. The number of benzene rings is 3. The second kappa shape index (κ2) is 10.4. The fourth-order valence-corrected chi connectivity index (χ4v) is 2.71. The first kappa shape index (κ1) is 24.1. The molecule has 14 heteroatoms. The zero-order valence-electron chi connectivity index (χ0n) is 17.4. The van der Waals surface area contributed by atoms with Crippen molar-refractivity contribution in [3.63, 3.8) is 0 Å². The molecule has 0 radical (unpaired) electrons. The highest BCUT2D eigenvalue weighted by Gasteiger charge is 2.19. The van der Waals surface area contributed by atoms with Gasteiger partial charge in [0.1, 0.15) is 5.75 Å². The van der Waals surface area contributed by atoms with Crippen molar-refractivity contribution in [3.05, 3.63) is 114 Å². The fraction of sp³-hybridized carbons (Fsp3) is 0. The van der Waals surface area contributed by atoms with Crippen LogP contribution in [0.5, 0.6) is 5.75 Å². The summed E-state index contributed by atoms with van der Waals surface area (Å²) in [7, 11) is 0. The van der Waals surface area contributed by atoms with Gasteiger partial charge in [-0.2, -0.15) is 5.10 Å². The minimum Gasteiger partial charge on any atom is -0.423 e. The zero-order valence-corrected chi connectivity index (χ0v) is 17.4. The Morgan fingerprint density at radius 3 is 1.94 bits per heavy atom. The maximum atomic E-state index is 12.2. The molecule has 0 saturated heterocycles. The van der Waals surface area contributed by atoms with Crippen molar-refractivity contribution in [1.82, 2.24) is 5.43 Å². The number of nitro benzene ring substituents is 3. The third-order valence-electron chi connectivity index (χ3n) is 4.35. The summed E-state index contributed by atoms with van der Waals surface area (Å²) in [5.74, 6) is -1.55. The lowest BCUT2D eigenvalue weighted by Gasteiger charge is -2.05. The van der Waals surface area contributed by atoms with Crippen LogP contribution in [0.25, 0.3) is 0 Å². The van der Waals surface area contributed by atoms with Gasteiger partial charge in [-0.05, 0) is 29.8 Å². The quantitative estimate of drug-likeness (QED) is 0.165. The lowest BCUT2D eigenvalue weighted by Crippen LogP contribution is -2.18. The topological polar surface area (TPSA) is 197 Å². The highest BCUT2D eigenvalue weighted by atomic mass is 16.6. The third-order valence-corrected chi connectivity index (χ3v) is 4.35. The number of esters is 1. The van der Waals surface area contributed by atoms with Gasteiger partial charge in [-0.15, -0.1) is 0 Å². The van der Waals surface area contributed by atoms with Gasteiger partial charge in [-0.3, -0.25) is 35.1 Å². The van der Waals surface area contributed by atoms with Crippen molar-refractivity contribution in [1.29, 1.82) is 0 Å². The monoisotopic (exact) mass is 479 g/mol. The first-order valence-corrected chi connectivity index (χ1v) is 9.48. The highest BCUT2D eigenvalue weighted by molar-refractivity contribution is 5.96. The van der Waals surface area contributed by atoms with Crippen LogP contribution in [0.4, 0.5) is 17.1 Å². The standard InChI is InChI=1S/C21H13N5O9/c27-20(15-9-17(25(31)32)11-18(10-15)26(33)34)23-22-12-13-2-1-3-19(8-13)35-21(28)14-4-6-16(7-5-14)24(29)30/h1-12H,(H,23,27). The van der Waals surface area contributed by atoms with Crippen LogP contribution in [0.3, 0.4) is 0 Å². The number of nitro groups is 3. The van der Waals surface area contributed by atoms with Crippen molar-refractivity contribution in [2.45, 2.75) is 0 Å². The van der Waals surface area contributed by atoms with Crippen LogP contribution in [0.1, 0.15) is 26.3 Å². The molecule has 0 saturated carbocycles. The van der Waals surface area contributed by atoms with E-state index in [9.17, 15) is 39.9 Å². The summed E-state index contributed by atoms with van der Waals surface area (Å²) in [5, 5.41) is 36.3. The summed E-state index contributed by atoms with van der Waals surface area (Å²) in [5.41, 5.74) is 0.810. The number of carbonyl (C=O) groups is 2. The van der Waals surface area contributed by atoms with Gasteiger partial charge in [0, 0.05) is 24.3 Å². The van der Waals surface area contributed by atoms with Crippen LogP contribution < -0.4 is 10.2 Å². The minimum atomic E-state index is -0.922. The van der Waals surface area contributed by atoms with Crippen LogP contribution in [0.2, 0.25) is 0 Å². The molecule has 1 N–H and O–H groups in total. The number of hydrazone groups is 1. The number of nitrogens with zero attached hydrogens (tertiary/aromatic N) is 4. The van der Waals surface area contributed by atoms with Gasteiger partial charge in [-0.1, -0.05) is 12.1 Å². The van der Waals surface area contributed by atoms with Crippen molar-refractivity contribution >= 4 is 35.2 Å². The third kappa shape index (κ3) is 6.26. The molecule has 0 unspecified atom stereocenters. The molecule has 176 valence electrons. The summed E-state index contributed by atoms with van der Waals surface area (Å²) in [6.45, 7) is 0. The number of nitrogens with one attached hydrogen (secondary N) is 1. The van der Waals surface area contributed by atoms with Crippen molar-refractivity contribution in [2.24, 2.45) is 5.10 Å². The molecule has 0 aromatic heterocycles. The van der Waals surface area contributed by atoms with E-state index in [1.54, 1.807) is 6.07 Å². The van der Waals surface area contributed by atoms with E-state index in [1.807, 2.05) is 0 Å². The van der Waals surface area contributed by atoms with Crippen LogP contribution in [-0.4, -0.2) is 32.9 Å². The summed E-state index contributed by atoms with van der Waals surface area (Å²) >= 11 is 0. The van der Waals surface area contributed by atoms with E-state index in [4.69, 9.17) is 4.74 Å². The summed E-state index contributed by atoms with van der Waals surface area (Å²) < 4.78 is 5.22. The van der Waals surface area contributed by atoms with Crippen molar-refractivity contribution in [3.8, 4) is 5.75 Å². The Bertz CT molecular complexity index is 1340. The summed E-state index contributed by atoms with van der Waals surface area (Å²) in [6, 6.07) is 13.3. The van der Waals surface area contributed by atoms with E-state index in [2.05, 4.69) is 10.5 Å². The van der Waals surface area contributed by atoms with Crippen LogP contribution >= 0.6 is 0 Å². The SMILES string of the molecule is O=C(NN=Cc1cccc(OC(=O)c2ccc([N+](=O)[O-])cc2)c1)c1cc([N+](=O)[O-])cc([N+](=O)[O-])c1. The molecule has 14 nitrogen and oxygen atoms in total. The van der Waals surface area contributed by atoms with E-state index in [0.29, 0.717) is 5.56 Å². The van der Waals surface area contributed by atoms with Crippen LogP contribution in [-0.2, 0) is 0 Å². The average Bonchev–Trinajstić information content (AvgIpc) is 2.83. The van der Waals surface area contributed by atoms with E-state index < -0.39 is 38.0 Å². The fourth-order valence-electron chi connectivity index (χ4n) is 2.71. The summed E-state index contributed by atoms with van der Waals surface area (Å²) in [6.07, 6.45) is 1.19. The number of non-ortho nitro benzene ring substituents is 3. The van der Waals surface area contributed by atoms with E-state index in [0.717, 1.165) is 30.3 Å². The van der Waals surface area contributed by atoms with E-state index in [1.165, 1.54) is 36.5 Å². The number of rotatable bonds is 8. The van der Waals surface area contributed by atoms with Gasteiger partial charge >= 0.3 is 5.97 Å². The Labute approximate surface area is 194 Å². The molecule has 0 aliphatic rings. The normalized spacial score (nSPS) is 10.5. The molecule has 0 bridgehead atoms. The van der Waals surface area contributed by atoms with Crippen LogP contribution in [0, 0.1) is 30.3 Å². The maximum Gasteiger partial charge on any atom is 0.343 e. The molecule has 0 spiro atoms. The Morgan fingerprint density at radius 2 is 1.37 bits per heavy atom. The second-order valence-electron chi connectivity index (χ2n) is 6.72. The number of hydrogen-bond donors (Lipinski definition) is 1. The minimum absolute atomic E-state index is 0.0907. The largest absolute Gasteiger partial charge is 0.423 e. The van der Waals surface area contributed by atoms with Gasteiger partial charge in [0.2, 0.25) is 0 Å². The number of carbonyl (C=O) groups excluding carboxylic acids is 2. The first-order chi connectivity index (χ1) is 16.6. The summed E-state index contributed by atoms with van der Waals surface area (Å²) in [4.78, 5) is 54.7. The van der Waals surface area contributed by atoms with Crippen LogP contribution in [0.15, 0.2) is 71.8 Å². The second-order valence-corrected chi connectivity index (χ2v) is 6.72. The predicted molar refractivity (Wildman–Crippen MR) is 119 cm³/mol. The molecule has 0 aliphatic heterocycles. The molecule has 0 atom stereocenters. The Balaban J connectivity index is 1.68. The molecular formula is C21H13N5O9. The number of amides is 1. The van der Waals surface area contributed by atoms with Gasteiger partial charge in [0.15, 0.2) is 0 Å².